The van der Waals surface area contributed by atoms with E-state index in [1.165, 1.54) is 42.7 Å². The number of sulfonamides is 1. The van der Waals surface area contributed by atoms with E-state index < -0.39 is 27.8 Å². The molecule has 2 aromatic carbocycles. The number of thiophene rings is 1. The summed E-state index contributed by atoms with van der Waals surface area (Å²) in [6, 6.07) is 9.46. The average Bonchev–Trinajstić information content (AvgIpc) is 3.31. The second kappa shape index (κ2) is 11.0. The van der Waals surface area contributed by atoms with Crippen LogP contribution in [-0.4, -0.2) is 34.7 Å². The molecule has 1 aromatic heterocycles. The molecule has 0 saturated heterocycles. The first-order chi connectivity index (χ1) is 16.1. The lowest BCUT2D eigenvalue weighted by Gasteiger charge is -2.15. The van der Waals surface area contributed by atoms with E-state index in [2.05, 4.69) is 15.4 Å². The van der Waals surface area contributed by atoms with Crippen LogP contribution in [0, 0.1) is 0 Å². The van der Waals surface area contributed by atoms with Crippen LogP contribution in [0.2, 0.25) is 0 Å². The number of amides is 2. The Morgan fingerprint density at radius 3 is 2.56 bits per heavy atom. The molecule has 0 aliphatic carbocycles. The molecule has 0 unspecified atom stereocenters. The predicted molar refractivity (Wildman–Crippen MR) is 126 cm³/mol. The smallest absolute Gasteiger partial charge is 0.385 e. The van der Waals surface area contributed by atoms with Gasteiger partial charge in [0.2, 0.25) is 10.0 Å². The van der Waals surface area contributed by atoms with Crippen LogP contribution in [0.15, 0.2) is 64.2 Å². The van der Waals surface area contributed by atoms with Gasteiger partial charge in [-0.1, -0.05) is 12.1 Å². The van der Waals surface area contributed by atoms with Crippen LogP contribution in [0.3, 0.4) is 0 Å². The Balaban J connectivity index is 1.85. The van der Waals surface area contributed by atoms with E-state index in [4.69, 9.17) is 4.74 Å². The zero-order valence-electron chi connectivity index (χ0n) is 18.0. The Labute approximate surface area is 199 Å². The summed E-state index contributed by atoms with van der Waals surface area (Å²) in [5.41, 5.74) is 0.516. The highest BCUT2D eigenvalue weighted by Crippen LogP contribution is 2.33. The number of carbonyl (C=O) groups excluding carboxylic acids is 1. The van der Waals surface area contributed by atoms with Crippen LogP contribution in [0.25, 0.3) is 11.1 Å². The predicted octanol–water partition coefficient (Wildman–Crippen LogP) is 5.39. The van der Waals surface area contributed by atoms with E-state index in [1.807, 2.05) is 10.8 Å². The van der Waals surface area contributed by atoms with Gasteiger partial charge in [0.1, 0.15) is 0 Å². The normalized spacial score (nSPS) is 11.9. The monoisotopic (exact) mass is 513 g/mol. The summed E-state index contributed by atoms with van der Waals surface area (Å²) in [5.74, 6) is 0. The third-order valence-corrected chi connectivity index (χ3v) is 6.79. The number of urea groups is 1. The fraction of sp³-hybridized carbons (Fsp3) is 0.227. The molecular weight excluding hydrogens is 491 g/mol. The minimum absolute atomic E-state index is 0.0620. The second-order valence-electron chi connectivity index (χ2n) is 7.12. The highest BCUT2D eigenvalue weighted by molar-refractivity contribution is 7.89. The van der Waals surface area contributed by atoms with E-state index >= 15 is 0 Å². The van der Waals surface area contributed by atoms with E-state index in [0.29, 0.717) is 18.6 Å². The maximum Gasteiger partial charge on any atom is 0.416 e. The van der Waals surface area contributed by atoms with Crippen molar-refractivity contribution in [3.63, 3.8) is 0 Å². The maximum atomic E-state index is 13.0. The van der Waals surface area contributed by atoms with Gasteiger partial charge in [0.25, 0.3) is 0 Å². The van der Waals surface area contributed by atoms with Crippen molar-refractivity contribution in [2.45, 2.75) is 17.5 Å². The van der Waals surface area contributed by atoms with Gasteiger partial charge < -0.3 is 15.4 Å². The third kappa shape index (κ3) is 6.79. The SMILES string of the molecule is COCCCNS(=O)(=O)c1ccc(-c2ccsc2)c(NC(=O)Nc2cccc(C(F)(F)F)c2)c1. The zero-order valence-corrected chi connectivity index (χ0v) is 19.6. The van der Waals surface area contributed by atoms with Crippen LogP contribution < -0.4 is 15.4 Å². The van der Waals surface area contributed by atoms with Gasteiger partial charge in [0, 0.05) is 31.5 Å². The van der Waals surface area contributed by atoms with Crippen molar-refractivity contribution in [3.8, 4) is 11.1 Å². The number of hydrogen-bond donors (Lipinski definition) is 3. The molecule has 182 valence electrons. The second-order valence-corrected chi connectivity index (χ2v) is 9.67. The lowest BCUT2D eigenvalue weighted by molar-refractivity contribution is -0.137. The van der Waals surface area contributed by atoms with Gasteiger partial charge in [-0.3, -0.25) is 0 Å². The Hall–Kier alpha value is -2.93. The summed E-state index contributed by atoms with van der Waals surface area (Å²) in [6.45, 7) is 0.559. The maximum absolute atomic E-state index is 13.0. The fourth-order valence-corrected chi connectivity index (χ4v) is 4.78. The largest absolute Gasteiger partial charge is 0.416 e. The molecule has 0 aliphatic heterocycles. The summed E-state index contributed by atoms with van der Waals surface area (Å²) >= 11 is 1.42. The number of hydrogen-bond acceptors (Lipinski definition) is 5. The number of halogens is 3. The molecule has 0 fully saturated rings. The highest BCUT2D eigenvalue weighted by atomic mass is 32.2. The van der Waals surface area contributed by atoms with Crippen molar-refractivity contribution in [2.24, 2.45) is 0 Å². The summed E-state index contributed by atoms with van der Waals surface area (Å²) in [6.07, 6.45) is -4.08. The molecule has 2 amide bonds. The van der Waals surface area contributed by atoms with Gasteiger partial charge in [-0.15, -0.1) is 0 Å². The first-order valence-corrected chi connectivity index (χ1v) is 12.4. The number of rotatable bonds is 9. The molecule has 0 bridgehead atoms. The zero-order chi connectivity index (χ0) is 24.8. The van der Waals surface area contributed by atoms with Crippen molar-refractivity contribution >= 4 is 38.8 Å². The lowest BCUT2D eigenvalue weighted by atomic mass is 10.1. The topological polar surface area (TPSA) is 96.5 Å². The highest BCUT2D eigenvalue weighted by Gasteiger charge is 2.30. The Kier molecular flexibility index (Phi) is 8.31. The molecule has 0 aliphatic rings. The van der Waals surface area contributed by atoms with Crippen LogP contribution in [0.1, 0.15) is 12.0 Å². The molecule has 3 aromatic rings. The quantitative estimate of drug-likeness (QED) is 0.334. The van der Waals surface area contributed by atoms with Gasteiger partial charge in [-0.05, 0) is 59.1 Å². The number of anilines is 2. The number of benzene rings is 2. The van der Waals surface area contributed by atoms with E-state index in [0.717, 1.165) is 17.7 Å². The minimum atomic E-state index is -4.56. The molecule has 0 radical (unpaired) electrons. The molecule has 1 heterocycles. The molecule has 0 saturated carbocycles. The van der Waals surface area contributed by atoms with Crippen LogP contribution in [0.4, 0.5) is 29.3 Å². The van der Waals surface area contributed by atoms with E-state index in [1.54, 1.807) is 12.1 Å². The van der Waals surface area contributed by atoms with Crippen molar-refractivity contribution in [1.29, 1.82) is 0 Å². The first-order valence-electron chi connectivity index (χ1n) is 10.0. The summed E-state index contributed by atoms with van der Waals surface area (Å²) in [7, 11) is -2.35. The van der Waals surface area contributed by atoms with Crippen molar-refractivity contribution < 1.29 is 31.1 Å². The lowest BCUT2D eigenvalue weighted by Crippen LogP contribution is -2.26. The van der Waals surface area contributed by atoms with E-state index in [-0.39, 0.29) is 22.8 Å². The molecule has 0 spiro atoms. The molecular formula is C22H22F3N3O4S2. The van der Waals surface area contributed by atoms with Gasteiger partial charge in [0.05, 0.1) is 16.1 Å². The number of nitrogens with one attached hydrogen (secondary N) is 3. The fourth-order valence-electron chi connectivity index (χ4n) is 3.03. The van der Waals surface area contributed by atoms with Crippen molar-refractivity contribution in [2.75, 3.05) is 30.9 Å². The van der Waals surface area contributed by atoms with Crippen LogP contribution >= 0.6 is 11.3 Å². The van der Waals surface area contributed by atoms with E-state index in [9.17, 15) is 26.4 Å². The first kappa shape index (κ1) is 25.7. The molecule has 34 heavy (non-hydrogen) atoms. The van der Waals surface area contributed by atoms with Gasteiger partial charge in [0.15, 0.2) is 0 Å². The summed E-state index contributed by atoms with van der Waals surface area (Å²) in [4.78, 5) is 12.5. The molecule has 12 heteroatoms. The number of methoxy groups -OCH3 is 1. The number of ether oxygens (including phenoxy) is 1. The third-order valence-electron chi connectivity index (χ3n) is 4.65. The Morgan fingerprint density at radius 1 is 1.09 bits per heavy atom. The van der Waals surface area contributed by atoms with Crippen molar-refractivity contribution in [1.82, 2.24) is 4.72 Å². The molecule has 3 rings (SSSR count). The summed E-state index contributed by atoms with van der Waals surface area (Å²) in [5, 5.41) is 8.56. The van der Waals surface area contributed by atoms with Crippen LogP contribution in [-0.2, 0) is 20.9 Å². The molecule has 0 atom stereocenters. The number of alkyl halides is 3. The van der Waals surface area contributed by atoms with Crippen molar-refractivity contribution in [3.05, 3.63) is 64.9 Å². The average molecular weight is 514 g/mol. The number of carbonyl (C=O) groups is 1. The van der Waals surface area contributed by atoms with Gasteiger partial charge >= 0.3 is 12.2 Å². The van der Waals surface area contributed by atoms with Gasteiger partial charge in [-0.2, -0.15) is 24.5 Å². The minimum Gasteiger partial charge on any atom is -0.385 e. The molecule has 3 N–H and O–H groups in total. The standard InChI is InChI=1S/C22H22F3N3O4S2/c1-32-10-3-9-26-34(30,31)18-6-7-19(15-8-11-33-14-15)20(13-18)28-21(29)27-17-5-2-4-16(12-17)22(23,24)25/h2,4-8,11-14,26H,3,9-10H2,1H3,(H2,27,28,29). The Morgan fingerprint density at radius 2 is 1.88 bits per heavy atom. The summed E-state index contributed by atoms with van der Waals surface area (Å²) < 4.78 is 71.6. The van der Waals surface area contributed by atoms with Crippen LogP contribution in [0.5, 0.6) is 0 Å². The van der Waals surface area contributed by atoms with Gasteiger partial charge in [-0.25, -0.2) is 17.9 Å². The molecule has 7 nitrogen and oxygen atoms in total. The Bertz CT molecular complexity index is 1230.